The molecular formula is C32H18N2O8. The van der Waals surface area contributed by atoms with Gasteiger partial charge in [-0.15, -0.1) is 0 Å². The van der Waals surface area contributed by atoms with Gasteiger partial charge >= 0.3 is 11.9 Å². The van der Waals surface area contributed by atoms with Gasteiger partial charge in [-0.3, -0.25) is 19.2 Å². The second-order valence-corrected chi connectivity index (χ2v) is 9.81. The fraction of sp³-hybridized carbons (Fsp3) is 0.0625. The van der Waals surface area contributed by atoms with Crippen LogP contribution in [0.5, 0.6) is 0 Å². The number of hydrogen-bond acceptors (Lipinski definition) is 8. The second-order valence-electron chi connectivity index (χ2n) is 9.81. The van der Waals surface area contributed by atoms with E-state index < -0.39 is 49.0 Å². The fourth-order valence-electron chi connectivity index (χ4n) is 5.98. The van der Waals surface area contributed by atoms with E-state index in [2.05, 4.69) is 13.2 Å². The molecule has 0 atom stereocenters. The minimum atomic E-state index is -0.763. The van der Waals surface area contributed by atoms with Crippen molar-refractivity contribution in [3.63, 3.8) is 0 Å². The molecular weight excluding hydrogens is 540 g/mol. The van der Waals surface area contributed by atoms with E-state index in [9.17, 15) is 28.8 Å². The molecule has 0 fully saturated rings. The summed E-state index contributed by atoms with van der Waals surface area (Å²) in [6, 6.07) is 13.6. The predicted molar refractivity (Wildman–Crippen MR) is 151 cm³/mol. The Morgan fingerprint density at radius 1 is 0.524 bits per heavy atom. The van der Waals surface area contributed by atoms with Gasteiger partial charge in [0, 0.05) is 45.2 Å². The molecule has 0 unspecified atom stereocenters. The summed E-state index contributed by atoms with van der Waals surface area (Å²) >= 11 is 0. The number of rotatable bonds is 6. The van der Waals surface area contributed by atoms with Crippen LogP contribution in [-0.2, 0) is 19.1 Å². The van der Waals surface area contributed by atoms with Gasteiger partial charge in [0.25, 0.3) is 23.6 Å². The molecule has 0 saturated carbocycles. The molecule has 42 heavy (non-hydrogen) atoms. The average molecular weight is 559 g/mol. The first-order chi connectivity index (χ1) is 20.3. The molecule has 0 spiro atoms. The van der Waals surface area contributed by atoms with Crippen LogP contribution in [0.15, 0.2) is 73.8 Å². The third-order valence-electron chi connectivity index (χ3n) is 7.81. The third kappa shape index (κ3) is 3.20. The largest absolute Gasteiger partial charge is 0.441 e. The molecule has 0 aliphatic carbocycles. The number of esters is 2. The quantitative estimate of drug-likeness (QED) is 0.0992. The van der Waals surface area contributed by atoms with E-state index in [1.165, 1.54) is 0 Å². The van der Waals surface area contributed by atoms with Crippen molar-refractivity contribution >= 4 is 78.7 Å². The lowest BCUT2D eigenvalue weighted by Gasteiger charge is -2.29. The zero-order valence-electron chi connectivity index (χ0n) is 21.8. The Balaban J connectivity index is 1.45. The summed E-state index contributed by atoms with van der Waals surface area (Å²) < 4.78 is 9.97. The zero-order valence-corrected chi connectivity index (χ0v) is 21.8. The van der Waals surface area contributed by atoms with Crippen molar-refractivity contribution in [3.8, 4) is 0 Å². The van der Waals surface area contributed by atoms with E-state index in [0.717, 1.165) is 43.5 Å². The summed E-state index contributed by atoms with van der Waals surface area (Å²) in [6.07, 6.45) is 1.89. The van der Waals surface area contributed by atoms with Crippen LogP contribution in [0.2, 0.25) is 0 Å². The molecule has 7 rings (SSSR count). The average Bonchev–Trinajstić information content (AvgIpc) is 3.01. The number of amides is 4. The predicted octanol–water partition coefficient (Wildman–Crippen LogP) is 4.30. The van der Waals surface area contributed by atoms with Crippen molar-refractivity contribution in [2.45, 2.75) is 0 Å². The molecule has 2 heterocycles. The Hall–Kier alpha value is -5.90. The fourth-order valence-corrected chi connectivity index (χ4v) is 5.98. The minimum absolute atomic E-state index is 0.281. The van der Waals surface area contributed by atoms with Crippen LogP contribution in [0.3, 0.4) is 0 Å². The Labute approximate surface area is 236 Å². The molecule has 5 aromatic carbocycles. The highest BCUT2D eigenvalue weighted by atomic mass is 16.5. The summed E-state index contributed by atoms with van der Waals surface area (Å²) in [5.74, 6) is -3.92. The van der Waals surface area contributed by atoms with Crippen molar-refractivity contribution in [2.24, 2.45) is 0 Å². The Bertz CT molecular complexity index is 1890. The molecule has 0 bridgehead atoms. The van der Waals surface area contributed by atoms with E-state index in [0.29, 0.717) is 21.5 Å². The molecule has 204 valence electrons. The second kappa shape index (κ2) is 8.80. The van der Waals surface area contributed by atoms with Gasteiger partial charge in [0.2, 0.25) is 0 Å². The topological polar surface area (TPSA) is 127 Å². The van der Waals surface area contributed by atoms with E-state index in [4.69, 9.17) is 9.47 Å². The first-order valence-electron chi connectivity index (χ1n) is 12.8. The maximum absolute atomic E-state index is 13.4. The molecule has 10 heteroatoms. The van der Waals surface area contributed by atoms with Crippen LogP contribution in [0.1, 0.15) is 41.4 Å². The molecule has 10 nitrogen and oxygen atoms in total. The zero-order chi connectivity index (χ0) is 29.4. The standard InChI is InChI=1S/C32H18N2O8/c1-3-23(35)41-13-33-29(37)19-9-5-15-17-7-11-21-28-22(32(40)34(31(21)39)14-42-24(36)4-2)12-8-18(26(17)28)16-6-10-20(30(33)38)27(19)25(15)16/h3-12H,1-2,13-14H2. The molecule has 0 aromatic heterocycles. The summed E-state index contributed by atoms with van der Waals surface area (Å²) in [7, 11) is 0. The van der Waals surface area contributed by atoms with Gasteiger partial charge in [0.15, 0.2) is 13.5 Å². The van der Waals surface area contributed by atoms with E-state index in [1.807, 2.05) is 0 Å². The van der Waals surface area contributed by atoms with Gasteiger partial charge in [0.05, 0.1) is 0 Å². The number of carbonyl (C=O) groups is 6. The first kappa shape index (κ1) is 25.1. The maximum Gasteiger partial charge on any atom is 0.331 e. The number of ether oxygens (including phenoxy) is 2. The van der Waals surface area contributed by atoms with Crippen LogP contribution in [0.25, 0.3) is 43.1 Å². The Kier molecular flexibility index (Phi) is 5.26. The lowest BCUT2D eigenvalue weighted by Crippen LogP contribution is -2.42. The lowest BCUT2D eigenvalue weighted by molar-refractivity contribution is -0.141. The van der Waals surface area contributed by atoms with Crippen LogP contribution in [0.4, 0.5) is 0 Å². The van der Waals surface area contributed by atoms with Gasteiger partial charge in [-0.05, 0) is 56.6 Å². The van der Waals surface area contributed by atoms with E-state index >= 15 is 0 Å². The molecule has 5 aromatic rings. The third-order valence-corrected chi connectivity index (χ3v) is 7.81. The van der Waals surface area contributed by atoms with Crippen molar-refractivity contribution in [1.29, 1.82) is 0 Å². The van der Waals surface area contributed by atoms with Crippen LogP contribution < -0.4 is 0 Å². The molecule has 0 N–H and O–H groups in total. The molecule has 2 aliphatic rings. The van der Waals surface area contributed by atoms with Gasteiger partial charge in [-0.2, -0.15) is 0 Å². The maximum atomic E-state index is 13.4. The highest BCUT2D eigenvalue weighted by molar-refractivity contribution is 6.41. The smallest absolute Gasteiger partial charge is 0.331 e. The first-order valence-corrected chi connectivity index (χ1v) is 12.8. The van der Waals surface area contributed by atoms with E-state index in [1.54, 1.807) is 48.5 Å². The highest BCUT2D eigenvalue weighted by Crippen LogP contribution is 2.46. The number of benzene rings is 5. The van der Waals surface area contributed by atoms with Crippen LogP contribution in [0, 0.1) is 0 Å². The summed E-state index contributed by atoms with van der Waals surface area (Å²) in [5.41, 5.74) is 1.13. The SMILES string of the molecule is C=CC(=O)OCN1C(=O)c2ccc3c4ccc5c6c(ccc(c7ccc(c2c37)C1=O)c64)C(=O)N(COC(=O)C=C)C5=O. The van der Waals surface area contributed by atoms with Crippen molar-refractivity contribution in [1.82, 2.24) is 9.80 Å². The Morgan fingerprint density at radius 2 is 0.810 bits per heavy atom. The monoisotopic (exact) mass is 558 g/mol. The van der Waals surface area contributed by atoms with Crippen molar-refractivity contribution < 1.29 is 38.2 Å². The number of nitrogens with zero attached hydrogens (tertiary/aromatic N) is 2. The number of hydrogen-bond donors (Lipinski definition) is 0. The molecule has 0 radical (unpaired) electrons. The van der Waals surface area contributed by atoms with Crippen molar-refractivity contribution in [3.05, 3.63) is 96.1 Å². The van der Waals surface area contributed by atoms with Crippen molar-refractivity contribution in [2.75, 3.05) is 13.5 Å². The van der Waals surface area contributed by atoms with Crippen LogP contribution >= 0.6 is 0 Å². The summed E-state index contributed by atoms with van der Waals surface area (Å²) in [4.78, 5) is 78.6. The Morgan fingerprint density at radius 3 is 1.07 bits per heavy atom. The molecule has 0 saturated heterocycles. The summed E-state index contributed by atoms with van der Waals surface area (Å²) in [5, 5.41) is 5.27. The lowest BCUT2D eigenvalue weighted by atomic mass is 9.82. The van der Waals surface area contributed by atoms with E-state index in [-0.39, 0.29) is 22.3 Å². The normalized spacial score (nSPS) is 14.4. The summed E-state index contributed by atoms with van der Waals surface area (Å²) in [6.45, 7) is 5.55. The van der Waals surface area contributed by atoms with Crippen LogP contribution in [-0.4, -0.2) is 58.8 Å². The minimum Gasteiger partial charge on any atom is -0.441 e. The number of fused-ring (bicyclic) bond motifs is 2. The van der Waals surface area contributed by atoms with Gasteiger partial charge in [-0.1, -0.05) is 37.4 Å². The highest BCUT2D eigenvalue weighted by Gasteiger charge is 2.37. The molecule has 4 amide bonds. The van der Waals surface area contributed by atoms with Gasteiger partial charge in [-0.25, -0.2) is 19.4 Å². The van der Waals surface area contributed by atoms with Gasteiger partial charge < -0.3 is 9.47 Å². The van der Waals surface area contributed by atoms with Gasteiger partial charge in [0.1, 0.15) is 0 Å². The number of carbonyl (C=O) groups excluding carboxylic acids is 6. The number of imide groups is 2. The molecule has 2 aliphatic heterocycles.